The number of rotatable bonds is 2. The highest BCUT2D eigenvalue weighted by Gasteiger charge is 2.26. The largest absolute Gasteiger partial charge is 0.493 e. The highest BCUT2D eigenvalue weighted by Crippen LogP contribution is 2.26. The molecule has 3 rings (SSSR count). The minimum atomic E-state index is -0.0212. The summed E-state index contributed by atoms with van der Waals surface area (Å²) in [6, 6.07) is 5.86. The quantitative estimate of drug-likeness (QED) is 0.825. The number of nitrogens with one attached hydrogen (secondary N) is 1. The standard InChI is InChI=1S/C14H18N2O2/c15-11-2-1-3-12(11)16-14(17)10-4-5-13-9(8-10)6-7-18-13/h4-5,8,11-12H,1-3,6-7,15H2,(H,16,17). The van der Waals surface area contributed by atoms with Gasteiger partial charge in [0.25, 0.3) is 5.91 Å². The van der Waals surface area contributed by atoms with Crippen LogP contribution in [-0.4, -0.2) is 24.6 Å². The Morgan fingerprint density at radius 2 is 2.28 bits per heavy atom. The molecule has 0 radical (unpaired) electrons. The Bertz CT molecular complexity index is 473. The molecule has 1 amide bonds. The number of hydrogen-bond acceptors (Lipinski definition) is 3. The van der Waals surface area contributed by atoms with Gasteiger partial charge in [0, 0.05) is 24.1 Å². The van der Waals surface area contributed by atoms with Crippen molar-refractivity contribution in [2.24, 2.45) is 5.73 Å². The first-order chi connectivity index (χ1) is 8.74. The lowest BCUT2D eigenvalue weighted by Gasteiger charge is -2.17. The summed E-state index contributed by atoms with van der Waals surface area (Å²) in [6.45, 7) is 0.716. The number of nitrogens with two attached hydrogens (primary N) is 1. The van der Waals surface area contributed by atoms with E-state index in [1.807, 2.05) is 18.2 Å². The monoisotopic (exact) mass is 246 g/mol. The van der Waals surface area contributed by atoms with Gasteiger partial charge in [0.2, 0.25) is 0 Å². The SMILES string of the molecule is NC1CCCC1NC(=O)c1ccc2c(c1)CCO2. The predicted octanol–water partition coefficient (Wildman–Crippen LogP) is 1.23. The highest BCUT2D eigenvalue weighted by atomic mass is 16.5. The Morgan fingerprint density at radius 1 is 1.39 bits per heavy atom. The van der Waals surface area contributed by atoms with E-state index in [9.17, 15) is 4.79 Å². The lowest BCUT2D eigenvalue weighted by atomic mass is 10.1. The van der Waals surface area contributed by atoms with Crippen LogP contribution in [0.1, 0.15) is 35.2 Å². The van der Waals surface area contributed by atoms with Gasteiger partial charge < -0.3 is 15.8 Å². The van der Waals surface area contributed by atoms with Gasteiger partial charge >= 0.3 is 0 Å². The maximum atomic E-state index is 12.1. The fraction of sp³-hybridized carbons (Fsp3) is 0.500. The third-order valence-corrected chi connectivity index (χ3v) is 3.84. The molecular weight excluding hydrogens is 228 g/mol. The zero-order valence-electron chi connectivity index (χ0n) is 10.3. The van der Waals surface area contributed by atoms with Gasteiger partial charge in [-0.05, 0) is 43.0 Å². The van der Waals surface area contributed by atoms with E-state index in [0.29, 0.717) is 12.2 Å². The number of carbonyl (C=O) groups excluding carboxylic acids is 1. The summed E-state index contributed by atoms with van der Waals surface area (Å²) in [6.07, 6.45) is 3.98. The van der Waals surface area contributed by atoms with E-state index in [4.69, 9.17) is 10.5 Å². The van der Waals surface area contributed by atoms with Gasteiger partial charge in [-0.2, -0.15) is 0 Å². The molecule has 1 saturated carbocycles. The summed E-state index contributed by atoms with van der Waals surface area (Å²) in [5, 5.41) is 3.03. The zero-order chi connectivity index (χ0) is 12.5. The molecule has 4 heteroatoms. The number of carbonyl (C=O) groups is 1. The summed E-state index contributed by atoms with van der Waals surface area (Å²) in [7, 11) is 0. The summed E-state index contributed by atoms with van der Waals surface area (Å²) >= 11 is 0. The molecule has 2 unspecified atom stereocenters. The molecule has 4 nitrogen and oxygen atoms in total. The second-order valence-corrected chi connectivity index (χ2v) is 5.10. The lowest BCUT2D eigenvalue weighted by molar-refractivity contribution is 0.0934. The molecule has 2 atom stereocenters. The summed E-state index contributed by atoms with van der Waals surface area (Å²) in [4.78, 5) is 12.1. The van der Waals surface area contributed by atoms with Crippen molar-refractivity contribution in [3.8, 4) is 5.75 Å². The number of fused-ring (bicyclic) bond motifs is 1. The predicted molar refractivity (Wildman–Crippen MR) is 68.7 cm³/mol. The van der Waals surface area contributed by atoms with Crippen LogP contribution >= 0.6 is 0 Å². The zero-order valence-corrected chi connectivity index (χ0v) is 10.3. The highest BCUT2D eigenvalue weighted by molar-refractivity contribution is 5.94. The summed E-state index contributed by atoms with van der Waals surface area (Å²) < 4.78 is 5.43. The van der Waals surface area contributed by atoms with Crippen molar-refractivity contribution in [3.63, 3.8) is 0 Å². The van der Waals surface area contributed by atoms with Crippen molar-refractivity contribution in [2.75, 3.05) is 6.61 Å². The molecule has 1 aliphatic heterocycles. The molecule has 1 aromatic rings. The summed E-state index contributed by atoms with van der Waals surface area (Å²) in [5.41, 5.74) is 7.79. The summed E-state index contributed by atoms with van der Waals surface area (Å²) in [5.74, 6) is 0.885. The normalized spacial score (nSPS) is 25.6. The van der Waals surface area contributed by atoms with Crippen molar-refractivity contribution < 1.29 is 9.53 Å². The number of ether oxygens (including phenoxy) is 1. The van der Waals surface area contributed by atoms with Crippen LogP contribution in [0.5, 0.6) is 5.75 Å². The first kappa shape index (κ1) is 11.5. The van der Waals surface area contributed by atoms with Crippen LogP contribution in [0.3, 0.4) is 0 Å². The number of benzene rings is 1. The minimum absolute atomic E-state index is 0.0212. The second-order valence-electron chi connectivity index (χ2n) is 5.10. The fourth-order valence-corrected chi connectivity index (χ4v) is 2.75. The molecule has 0 spiro atoms. The molecule has 18 heavy (non-hydrogen) atoms. The van der Waals surface area contributed by atoms with Crippen LogP contribution in [-0.2, 0) is 6.42 Å². The lowest BCUT2D eigenvalue weighted by Crippen LogP contribution is -2.43. The van der Waals surface area contributed by atoms with E-state index in [1.165, 1.54) is 0 Å². The molecule has 0 saturated heterocycles. The minimum Gasteiger partial charge on any atom is -0.493 e. The van der Waals surface area contributed by atoms with Crippen LogP contribution in [0, 0.1) is 0 Å². The Labute approximate surface area is 107 Å². The molecule has 1 heterocycles. The number of amides is 1. The molecule has 3 N–H and O–H groups in total. The van der Waals surface area contributed by atoms with Crippen LogP contribution in [0.2, 0.25) is 0 Å². The maximum Gasteiger partial charge on any atom is 0.251 e. The Kier molecular flexibility index (Phi) is 2.96. The maximum absolute atomic E-state index is 12.1. The Hall–Kier alpha value is -1.55. The third-order valence-electron chi connectivity index (χ3n) is 3.84. The molecule has 0 aromatic heterocycles. The van der Waals surface area contributed by atoms with Gasteiger partial charge in [0.15, 0.2) is 0 Å². The van der Waals surface area contributed by atoms with E-state index in [-0.39, 0.29) is 18.0 Å². The van der Waals surface area contributed by atoms with Gasteiger partial charge in [0.1, 0.15) is 5.75 Å². The molecule has 1 aromatic carbocycles. The van der Waals surface area contributed by atoms with Crippen molar-refractivity contribution in [1.82, 2.24) is 5.32 Å². The molecular formula is C14H18N2O2. The van der Waals surface area contributed by atoms with E-state index in [2.05, 4.69) is 5.32 Å². The van der Waals surface area contributed by atoms with Crippen LogP contribution in [0.25, 0.3) is 0 Å². The molecule has 96 valence electrons. The molecule has 2 aliphatic rings. The Balaban J connectivity index is 1.72. The molecule has 0 bridgehead atoms. The van der Waals surface area contributed by atoms with E-state index in [0.717, 1.165) is 37.0 Å². The topological polar surface area (TPSA) is 64.3 Å². The van der Waals surface area contributed by atoms with E-state index >= 15 is 0 Å². The van der Waals surface area contributed by atoms with Crippen LogP contribution in [0.15, 0.2) is 18.2 Å². The average molecular weight is 246 g/mol. The first-order valence-corrected chi connectivity index (χ1v) is 6.56. The van der Waals surface area contributed by atoms with Crippen molar-refractivity contribution >= 4 is 5.91 Å². The van der Waals surface area contributed by atoms with E-state index in [1.54, 1.807) is 0 Å². The van der Waals surface area contributed by atoms with Gasteiger partial charge in [-0.25, -0.2) is 0 Å². The van der Waals surface area contributed by atoms with Crippen molar-refractivity contribution in [3.05, 3.63) is 29.3 Å². The van der Waals surface area contributed by atoms with Crippen molar-refractivity contribution in [1.29, 1.82) is 0 Å². The average Bonchev–Trinajstić information content (AvgIpc) is 2.98. The van der Waals surface area contributed by atoms with Crippen LogP contribution < -0.4 is 15.8 Å². The Morgan fingerprint density at radius 3 is 3.06 bits per heavy atom. The van der Waals surface area contributed by atoms with Gasteiger partial charge in [-0.3, -0.25) is 4.79 Å². The van der Waals surface area contributed by atoms with Crippen LogP contribution in [0.4, 0.5) is 0 Å². The molecule has 1 aliphatic carbocycles. The third kappa shape index (κ3) is 2.08. The second kappa shape index (κ2) is 4.61. The van der Waals surface area contributed by atoms with Crippen molar-refractivity contribution in [2.45, 2.75) is 37.8 Å². The van der Waals surface area contributed by atoms with Gasteiger partial charge in [-0.1, -0.05) is 0 Å². The first-order valence-electron chi connectivity index (χ1n) is 6.56. The van der Waals surface area contributed by atoms with Gasteiger partial charge in [-0.15, -0.1) is 0 Å². The van der Waals surface area contributed by atoms with Gasteiger partial charge in [0.05, 0.1) is 6.61 Å². The number of hydrogen-bond donors (Lipinski definition) is 2. The van der Waals surface area contributed by atoms with E-state index < -0.39 is 0 Å². The smallest absolute Gasteiger partial charge is 0.251 e. The molecule has 1 fully saturated rings. The fourth-order valence-electron chi connectivity index (χ4n) is 2.75.